The number of nitrogens with one attached hydrogen (secondary N) is 1. The van der Waals surface area contributed by atoms with E-state index < -0.39 is 0 Å². The molecule has 3 heterocycles. The van der Waals surface area contributed by atoms with Gasteiger partial charge in [0.05, 0.1) is 5.69 Å². The second-order valence-electron chi connectivity index (χ2n) is 5.39. The Bertz CT molecular complexity index is 418. The molecular weight excluding hydrogens is 212 g/mol. The average Bonchev–Trinajstić information content (AvgIpc) is 2.68. The Morgan fingerprint density at radius 2 is 2.24 bits per heavy atom. The molecule has 0 amide bonds. The van der Waals surface area contributed by atoms with Crippen molar-refractivity contribution in [1.29, 1.82) is 0 Å². The molecule has 3 rings (SSSR count). The molecule has 17 heavy (non-hydrogen) atoms. The van der Waals surface area contributed by atoms with Gasteiger partial charge in [-0.15, -0.1) is 0 Å². The van der Waals surface area contributed by atoms with Crippen LogP contribution in [0.25, 0.3) is 0 Å². The van der Waals surface area contributed by atoms with Gasteiger partial charge >= 0.3 is 0 Å². The van der Waals surface area contributed by atoms with Gasteiger partial charge in [-0.05, 0) is 19.3 Å². The molecule has 2 unspecified atom stereocenters. The summed E-state index contributed by atoms with van der Waals surface area (Å²) >= 11 is 0. The highest BCUT2D eigenvalue weighted by Crippen LogP contribution is 2.31. The molecule has 0 saturated carbocycles. The maximum Gasteiger partial charge on any atom is 0.136 e. The van der Waals surface area contributed by atoms with E-state index in [9.17, 15) is 0 Å². The molecule has 0 aliphatic carbocycles. The second kappa shape index (κ2) is 4.26. The van der Waals surface area contributed by atoms with E-state index in [0.717, 1.165) is 32.0 Å². The fourth-order valence-corrected chi connectivity index (χ4v) is 3.10. The van der Waals surface area contributed by atoms with E-state index in [1.807, 2.05) is 0 Å². The molecule has 0 bridgehead atoms. The van der Waals surface area contributed by atoms with E-state index in [2.05, 4.69) is 34.0 Å². The molecule has 1 aromatic rings. The largest absolute Gasteiger partial charge is 0.353 e. The van der Waals surface area contributed by atoms with Crippen LogP contribution in [0.15, 0.2) is 6.33 Å². The molecule has 1 fully saturated rings. The van der Waals surface area contributed by atoms with Gasteiger partial charge in [-0.25, -0.2) is 9.97 Å². The molecule has 2 atom stereocenters. The summed E-state index contributed by atoms with van der Waals surface area (Å²) in [6.45, 7) is 7.71. The Morgan fingerprint density at radius 1 is 1.35 bits per heavy atom. The normalized spacial score (nSPS) is 28.2. The lowest BCUT2D eigenvalue weighted by molar-refractivity contribution is 0.616. The van der Waals surface area contributed by atoms with Gasteiger partial charge in [-0.1, -0.05) is 6.92 Å². The van der Waals surface area contributed by atoms with Gasteiger partial charge in [0.15, 0.2) is 0 Å². The molecular formula is C13H20N4. The van der Waals surface area contributed by atoms with Crippen LogP contribution < -0.4 is 10.2 Å². The van der Waals surface area contributed by atoms with Crippen molar-refractivity contribution in [3.8, 4) is 0 Å². The molecule has 2 aliphatic heterocycles. The number of anilines is 1. The van der Waals surface area contributed by atoms with Crippen LogP contribution in [0.5, 0.6) is 0 Å². The van der Waals surface area contributed by atoms with Crippen molar-refractivity contribution in [2.24, 2.45) is 5.92 Å². The van der Waals surface area contributed by atoms with Gasteiger partial charge in [0.2, 0.25) is 0 Å². The Hall–Kier alpha value is -1.16. The average molecular weight is 232 g/mol. The van der Waals surface area contributed by atoms with Gasteiger partial charge in [-0.2, -0.15) is 0 Å². The third-order valence-electron chi connectivity index (χ3n) is 3.91. The number of hydrogen-bond donors (Lipinski definition) is 1. The zero-order chi connectivity index (χ0) is 11.8. The minimum Gasteiger partial charge on any atom is -0.353 e. The molecule has 0 spiro atoms. The maximum absolute atomic E-state index is 4.53. The first-order valence-corrected chi connectivity index (χ1v) is 6.56. The van der Waals surface area contributed by atoms with Gasteiger partial charge in [0, 0.05) is 37.7 Å². The van der Waals surface area contributed by atoms with Crippen LogP contribution in [0.4, 0.5) is 5.82 Å². The maximum atomic E-state index is 4.53. The number of aromatic nitrogens is 2. The summed E-state index contributed by atoms with van der Waals surface area (Å²) in [5.41, 5.74) is 2.56. The predicted octanol–water partition coefficient (Wildman–Crippen LogP) is 1.36. The molecule has 1 saturated heterocycles. The van der Waals surface area contributed by atoms with Crippen molar-refractivity contribution in [2.75, 3.05) is 18.0 Å². The lowest BCUT2D eigenvalue weighted by Gasteiger charge is -2.27. The smallest absolute Gasteiger partial charge is 0.136 e. The molecule has 92 valence electrons. The lowest BCUT2D eigenvalue weighted by atomic mass is 10.1. The van der Waals surface area contributed by atoms with Crippen LogP contribution in [0.2, 0.25) is 0 Å². The minimum atomic E-state index is 0.603. The Kier molecular flexibility index (Phi) is 2.74. The van der Waals surface area contributed by atoms with E-state index >= 15 is 0 Å². The Balaban J connectivity index is 1.97. The summed E-state index contributed by atoms with van der Waals surface area (Å²) in [6, 6.07) is 0.603. The van der Waals surface area contributed by atoms with Gasteiger partial charge < -0.3 is 10.2 Å². The Labute approximate surface area is 102 Å². The number of nitrogens with zero attached hydrogens (tertiary/aromatic N) is 3. The van der Waals surface area contributed by atoms with Crippen molar-refractivity contribution in [2.45, 2.75) is 39.3 Å². The van der Waals surface area contributed by atoms with Crippen molar-refractivity contribution >= 4 is 5.82 Å². The SMILES string of the molecule is CC1CC(C)N(c2ncnc3c2CNCC3)C1. The van der Waals surface area contributed by atoms with Gasteiger partial charge in [0.1, 0.15) is 12.1 Å². The van der Waals surface area contributed by atoms with Crippen molar-refractivity contribution < 1.29 is 0 Å². The highest BCUT2D eigenvalue weighted by Gasteiger charge is 2.30. The summed E-state index contributed by atoms with van der Waals surface area (Å²) in [4.78, 5) is 11.4. The van der Waals surface area contributed by atoms with E-state index in [0.29, 0.717) is 6.04 Å². The second-order valence-corrected chi connectivity index (χ2v) is 5.39. The first-order valence-electron chi connectivity index (χ1n) is 6.56. The Morgan fingerprint density at radius 3 is 3.00 bits per heavy atom. The summed E-state index contributed by atoms with van der Waals surface area (Å²) in [6.07, 6.45) is 4.03. The first-order chi connectivity index (χ1) is 8.25. The van der Waals surface area contributed by atoms with E-state index in [1.54, 1.807) is 6.33 Å². The third-order valence-corrected chi connectivity index (χ3v) is 3.91. The monoisotopic (exact) mass is 232 g/mol. The molecule has 0 aromatic carbocycles. The molecule has 0 radical (unpaired) electrons. The highest BCUT2D eigenvalue weighted by molar-refractivity contribution is 5.51. The van der Waals surface area contributed by atoms with Crippen LogP contribution in [0.1, 0.15) is 31.5 Å². The zero-order valence-corrected chi connectivity index (χ0v) is 10.6. The van der Waals surface area contributed by atoms with Crippen LogP contribution in [-0.4, -0.2) is 29.1 Å². The number of fused-ring (bicyclic) bond motifs is 1. The topological polar surface area (TPSA) is 41.1 Å². The van der Waals surface area contributed by atoms with Gasteiger partial charge in [0.25, 0.3) is 0 Å². The minimum absolute atomic E-state index is 0.603. The molecule has 1 N–H and O–H groups in total. The molecule has 4 nitrogen and oxygen atoms in total. The quantitative estimate of drug-likeness (QED) is 0.793. The zero-order valence-electron chi connectivity index (χ0n) is 10.6. The standard InChI is InChI=1S/C13H20N4/c1-9-5-10(2)17(7-9)13-11-6-14-4-3-12(11)15-8-16-13/h8-10,14H,3-7H2,1-2H3. The van der Waals surface area contributed by atoms with Crippen LogP contribution >= 0.6 is 0 Å². The van der Waals surface area contributed by atoms with Crippen molar-refractivity contribution in [1.82, 2.24) is 15.3 Å². The molecule has 2 aliphatic rings. The summed E-state index contributed by atoms with van der Waals surface area (Å²) in [5, 5.41) is 3.42. The van der Waals surface area contributed by atoms with Crippen LogP contribution in [0, 0.1) is 5.92 Å². The summed E-state index contributed by atoms with van der Waals surface area (Å²) in [5.74, 6) is 1.94. The summed E-state index contributed by atoms with van der Waals surface area (Å²) in [7, 11) is 0. The fraction of sp³-hybridized carbons (Fsp3) is 0.692. The third kappa shape index (κ3) is 1.90. The molecule has 4 heteroatoms. The highest BCUT2D eigenvalue weighted by atomic mass is 15.2. The number of hydrogen-bond acceptors (Lipinski definition) is 4. The lowest BCUT2D eigenvalue weighted by Crippen LogP contribution is -2.33. The van der Waals surface area contributed by atoms with Crippen molar-refractivity contribution in [3.05, 3.63) is 17.6 Å². The van der Waals surface area contributed by atoms with E-state index in [-0.39, 0.29) is 0 Å². The number of rotatable bonds is 1. The van der Waals surface area contributed by atoms with E-state index in [1.165, 1.54) is 23.5 Å². The van der Waals surface area contributed by atoms with Crippen LogP contribution in [0.3, 0.4) is 0 Å². The molecule has 1 aromatic heterocycles. The van der Waals surface area contributed by atoms with E-state index in [4.69, 9.17) is 0 Å². The predicted molar refractivity (Wildman–Crippen MR) is 68.0 cm³/mol. The van der Waals surface area contributed by atoms with Gasteiger partial charge in [-0.3, -0.25) is 0 Å². The fourth-order valence-electron chi connectivity index (χ4n) is 3.10. The summed E-state index contributed by atoms with van der Waals surface area (Å²) < 4.78 is 0. The first kappa shape index (κ1) is 11.0. The van der Waals surface area contributed by atoms with Crippen molar-refractivity contribution in [3.63, 3.8) is 0 Å². The van der Waals surface area contributed by atoms with Crippen LogP contribution in [-0.2, 0) is 13.0 Å².